The van der Waals surface area contributed by atoms with Gasteiger partial charge in [-0.1, -0.05) is 6.92 Å². The molecule has 0 aliphatic carbocycles. The van der Waals surface area contributed by atoms with Crippen LogP contribution in [0.25, 0.3) is 0 Å². The van der Waals surface area contributed by atoms with Crippen molar-refractivity contribution in [2.45, 2.75) is 44.8 Å². The van der Waals surface area contributed by atoms with E-state index in [2.05, 4.69) is 10.2 Å². The highest BCUT2D eigenvalue weighted by molar-refractivity contribution is 4.84. The Bertz CT molecular complexity index is 229. The summed E-state index contributed by atoms with van der Waals surface area (Å²) in [4.78, 5) is 2.40. The third-order valence-corrected chi connectivity index (χ3v) is 3.90. The number of piperidine rings is 1. The van der Waals surface area contributed by atoms with Crippen molar-refractivity contribution < 1.29 is 10.2 Å². The van der Waals surface area contributed by atoms with E-state index in [0.717, 1.165) is 51.9 Å². The van der Waals surface area contributed by atoms with Crippen LogP contribution < -0.4 is 11.1 Å². The first kappa shape index (κ1) is 16.9. The summed E-state index contributed by atoms with van der Waals surface area (Å²) in [7, 11) is 0. The molecule has 0 radical (unpaired) electrons. The van der Waals surface area contributed by atoms with E-state index in [4.69, 9.17) is 10.8 Å². The average Bonchev–Trinajstić information content (AvgIpc) is 2.39. The van der Waals surface area contributed by atoms with E-state index in [1.54, 1.807) is 0 Å². The molecule has 5 heteroatoms. The molecule has 5 nitrogen and oxygen atoms in total. The van der Waals surface area contributed by atoms with E-state index in [1.807, 2.05) is 6.92 Å². The minimum atomic E-state index is -0.180. The molecule has 114 valence electrons. The summed E-state index contributed by atoms with van der Waals surface area (Å²) in [5.74, 6) is 0.543. The highest BCUT2D eigenvalue weighted by Crippen LogP contribution is 2.22. The van der Waals surface area contributed by atoms with Gasteiger partial charge >= 0.3 is 0 Å². The van der Waals surface area contributed by atoms with Crippen molar-refractivity contribution in [2.24, 2.45) is 11.7 Å². The second kappa shape index (κ2) is 9.66. The first-order valence-corrected chi connectivity index (χ1v) is 7.64. The minimum Gasteiger partial charge on any atom is -0.396 e. The Morgan fingerprint density at radius 1 is 1.42 bits per heavy atom. The number of rotatable bonds is 9. The van der Waals surface area contributed by atoms with Gasteiger partial charge < -0.3 is 26.2 Å². The fraction of sp³-hybridized carbons (Fsp3) is 1.00. The average molecular weight is 273 g/mol. The van der Waals surface area contributed by atoms with Crippen LogP contribution in [0.1, 0.15) is 32.6 Å². The van der Waals surface area contributed by atoms with Crippen LogP contribution in [0.2, 0.25) is 0 Å². The van der Waals surface area contributed by atoms with Gasteiger partial charge in [0.15, 0.2) is 0 Å². The molecule has 3 atom stereocenters. The second-order valence-corrected chi connectivity index (χ2v) is 5.68. The molecule has 0 aromatic rings. The van der Waals surface area contributed by atoms with E-state index in [0.29, 0.717) is 18.5 Å². The van der Waals surface area contributed by atoms with Crippen LogP contribution in [0.3, 0.4) is 0 Å². The second-order valence-electron chi connectivity index (χ2n) is 5.68. The number of hydrogen-bond donors (Lipinski definition) is 4. The zero-order chi connectivity index (χ0) is 14.1. The van der Waals surface area contributed by atoms with Crippen LogP contribution >= 0.6 is 0 Å². The summed E-state index contributed by atoms with van der Waals surface area (Å²) in [6, 6.07) is 0.459. The van der Waals surface area contributed by atoms with Crippen molar-refractivity contribution in [3.8, 4) is 0 Å². The molecule has 0 bridgehead atoms. The zero-order valence-electron chi connectivity index (χ0n) is 12.2. The maximum atomic E-state index is 9.83. The standard InChI is InChI=1S/C14H31N3O2/c1-2-14(19)9-12-8-13(16-5-3-7-18)11-17(10-12)6-4-15/h12-14,16,18-19H,2-11,15H2,1H3. The molecule has 1 aliphatic heterocycles. The van der Waals surface area contributed by atoms with E-state index >= 15 is 0 Å². The Kier molecular flexibility index (Phi) is 8.57. The quantitative estimate of drug-likeness (QED) is 0.436. The number of nitrogens with two attached hydrogens (primary N) is 1. The van der Waals surface area contributed by atoms with Crippen LogP contribution in [0.4, 0.5) is 0 Å². The molecule has 0 aromatic carbocycles. The predicted octanol–water partition coefficient (Wildman–Crippen LogP) is -0.231. The summed E-state index contributed by atoms with van der Waals surface area (Å²) in [5, 5.41) is 22.2. The first-order valence-electron chi connectivity index (χ1n) is 7.64. The van der Waals surface area contributed by atoms with Crippen molar-refractivity contribution in [1.29, 1.82) is 0 Å². The lowest BCUT2D eigenvalue weighted by Crippen LogP contribution is -2.51. The van der Waals surface area contributed by atoms with Crippen LogP contribution in [0.15, 0.2) is 0 Å². The van der Waals surface area contributed by atoms with Crippen molar-refractivity contribution >= 4 is 0 Å². The van der Waals surface area contributed by atoms with Gasteiger partial charge in [0.05, 0.1) is 6.10 Å². The molecule has 5 N–H and O–H groups in total. The third kappa shape index (κ3) is 6.68. The van der Waals surface area contributed by atoms with E-state index in [1.165, 1.54) is 0 Å². The Labute approximate surface area is 117 Å². The van der Waals surface area contributed by atoms with Crippen molar-refractivity contribution in [1.82, 2.24) is 10.2 Å². The van der Waals surface area contributed by atoms with Gasteiger partial charge in [0.2, 0.25) is 0 Å². The summed E-state index contributed by atoms with van der Waals surface area (Å²) < 4.78 is 0. The Hall–Kier alpha value is -0.200. The molecular formula is C14H31N3O2. The number of likely N-dealkylation sites (tertiary alicyclic amines) is 1. The Morgan fingerprint density at radius 3 is 2.84 bits per heavy atom. The van der Waals surface area contributed by atoms with Gasteiger partial charge in [-0.15, -0.1) is 0 Å². The number of nitrogens with one attached hydrogen (secondary N) is 1. The van der Waals surface area contributed by atoms with Gasteiger partial charge in [-0.3, -0.25) is 0 Å². The van der Waals surface area contributed by atoms with Crippen LogP contribution in [-0.4, -0.2) is 66.6 Å². The lowest BCUT2D eigenvalue weighted by molar-refractivity contribution is 0.0849. The van der Waals surface area contributed by atoms with Crippen LogP contribution in [-0.2, 0) is 0 Å². The monoisotopic (exact) mass is 273 g/mol. The maximum Gasteiger partial charge on any atom is 0.0540 e. The molecule has 1 heterocycles. The summed E-state index contributed by atoms with van der Waals surface area (Å²) in [6.07, 6.45) is 3.45. The molecule has 0 amide bonds. The Morgan fingerprint density at radius 2 is 2.21 bits per heavy atom. The molecule has 1 aliphatic rings. The number of aliphatic hydroxyl groups is 2. The summed E-state index contributed by atoms with van der Waals surface area (Å²) in [5.41, 5.74) is 5.65. The summed E-state index contributed by atoms with van der Waals surface area (Å²) in [6.45, 7) is 6.82. The fourth-order valence-corrected chi connectivity index (χ4v) is 2.92. The number of hydrogen-bond acceptors (Lipinski definition) is 5. The highest BCUT2D eigenvalue weighted by atomic mass is 16.3. The van der Waals surface area contributed by atoms with E-state index < -0.39 is 0 Å². The molecule has 3 unspecified atom stereocenters. The lowest BCUT2D eigenvalue weighted by Gasteiger charge is -2.38. The first-order chi connectivity index (χ1) is 9.19. The SMILES string of the molecule is CCC(O)CC1CC(NCCCO)CN(CCN)C1. The molecule has 0 aromatic heterocycles. The highest BCUT2D eigenvalue weighted by Gasteiger charge is 2.27. The molecule has 1 saturated heterocycles. The lowest BCUT2D eigenvalue weighted by atomic mass is 9.89. The minimum absolute atomic E-state index is 0.180. The van der Waals surface area contributed by atoms with Gasteiger partial charge in [0, 0.05) is 38.8 Å². The smallest absolute Gasteiger partial charge is 0.0540 e. The molecule has 1 rings (SSSR count). The molecule has 0 spiro atoms. The number of aliphatic hydroxyl groups excluding tert-OH is 2. The molecule has 19 heavy (non-hydrogen) atoms. The third-order valence-electron chi connectivity index (χ3n) is 3.90. The fourth-order valence-electron chi connectivity index (χ4n) is 2.92. The summed E-state index contributed by atoms with van der Waals surface area (Å²) >= 11 is 0. The topological polar surface area (TPSA) is 81.8 Å². The number of nitrogens with zero attached hydrogens (tertiary/aromatic N) is 1. The van der Waals surface area contributed by atoms with Gasteiger partial charge in [0.1, 0.15) is 0 Å². The van der Waals surface area contributed by atoms with Crippen molar-refractivity contribution in [2.75, 3.05) is 39.3 Å². The normalized spacial score (nSPS) is 26.5. The maximum absolute atomic E-state index is 9.83. The van der Waals surface area contributed by atoms with Crippen LogP contribution in [0.5, 0.6) is 0 Å². The van der Waals surface area contributed by atoms with Gasteiger partial charge in [-0.05, 0) is 38.1 Å². The molecule has 1 fully saturated rings. The predicted molar refractivity (Wildman–Crippen MR) is 78.0 cm³/mol. The Balaban J connectivity index is 2.42. The van der Waals surface area contributed by atoms with Crippen molar-refractivity contribution in [3.63, 3.8) is 0 Å². The largest absolute Gasteiger partial charge is 0.396 e. The molecular weight excluding hydrogens is 242 g/mol. The van der Waals surface area contributed by atoms with E-state index in [-0.39, 0.29) is 12.7 Å². The van der Waals surface area contributed by atoms with Gasteiger partial charge in [0.25, 0.3) is 0 Å². The van der Waals surface area contributed by atoms with Gasteiger partial charge in [-0.2, -0.15) is 0 Å². The van der Waals surface area contributed by atoms with Crippen molar-refractivity contribution in [3.05, 3.63) is 0 Å². The van der Waals surface area contributed by atoms with E-state index in [9.17, 15) is 5.11 Å². The van der Waals surface area contributed by atoms with Gasteiger partial charge in [-0.25, -0.2) is 0 Å². The van der Waals surface area contributed by atoms with Crippen LogP contribution in [0, 0.1) is 5.92 Å². The molecule has 0 saturated carbocycles. The zero-order valence-corrected chi connectivity index (χ0v) is 12.2.